The van der Waals surface area contributed by atoms with Gasteiger partial charge in [-0.15, -0.1) is 0 Å². The van der Waals surface area contributed by atoms with Crippen molar-refractivity contribution in [1.82, 2.24) is 0 Å². The van der Waals surface area contributed by atoms with Gasteiger partial charge >= 0.3 is 0 Å². The molecule has 0 rings (SSSR count). The lowest BCUT2D eigenvalue weighted by Crippen LogP contribution is -2.45. The highest BCUT2D eigenvalue weighted by molar-refractivity contribution is 7.19. The van der Waals surface area contributed by atoms with Gasteiger partial charge in [-0.25, -0.2) is 0 Å². The van der Waals surface area contributed by atoms with Gasteiger partial charge < -0.3 is 0 Å². The molecule has 0 bridgehead atoms. The Morgan fingerprint density at radius 3 is 0.909 bits per heavy atom. The lowest BCUT2D eigenvalue weighted by atomic mass is 10.5. The summed E-state index contributed by atoms with van der Waals surface area (Å²) in [5, 5.41) is 0. The van der Waals surface area contributed by atoms with Crippen LogP contribution in [-0.2, 0) is 0 Å². The van der Waals surface area contributed by atoms with E-state index < -0.39 is 7.59 Å². The second-order valence-electron chi connectivity index (χ2n) is 4.58. The van der Waals surface area contributed by atoms with Crippen molar-refractivity contribution >= 4 is 17.4 Å². The molecule has 0 atom stereocenters. The van der Waals surface area contributed by atoms with Gasteiger partial charge in [0.15, 0.2) is 0 Å². The molecule has 0 N–H and O–H groups in total. The molecule has 0 amide bonds. The van der Waals surface area contributed by atoms with Gasteiger partial charge in [0.25, 0.3) is 0 Å². The van der Waals surface area contributed by atoms with Crippen LogP contribution >= 0.6 is 0 Å². The third-order valence-corrected chi connectivity index (χ3v) is 17.0. The minimum absolute atomic E-state index is 0.931. The van der Waals surface area contributed by atoms with Crippen molar-refractivity contribution < 1.29 is 0 Å². The highest BCUT2D eigenvalue weighted by Gasteiger charge is 2.36. The molecule has 0 aromatic rings. The Labute approximate surface area is 76.0 Å². The molecule has 2 heteroatoms. The molecule has 0 saturated carbocycles. The van der Waals surface area contributed by atoms with Crippen LogP contribution in [0.5, 0.6) is 0 Å². The third-order valence-electron chi connectivity index (χ3n) is 3.22. The van der Waals surface area contributed by atoms with Crippen LogP contribution in [-0.4, -0.2) is 17.4 Å². The zero-order valence-electron chi connectivity index (χ0n) is 8.94. The van der Waals surface area contributed by atoms with E-state index >= 15 is 0 Å². The van der Waals surface area contributed by atoms with E-state index in [0.717, 1.165) is 16.6 Å². The maximum absolute atomic E-state index is 2.40. The highest BCUT2D eigenvalue weighted by Crippen LogP contribution is 2.38. The summed E-state index contributed by atoms with van der Waals surface area (Å²) in [6.07, 6.45) is 0. The molecule has 0 aromatic carbocycles. The summed E-state index contributed by atoms with van der Waals surface area (Å²) in [5.41, 5.74) is 2.79. The smallest absolute Gasteiger partial charge is 0.0443 e. The predicted molar refractivity (Wildman–Crippen MR) is 59.6 cm³/mol. The zero-order chi connectivity index (χ0) is 9.23. The van der Waals surface area contributed by atoms with Gasteiger partial charge in [-0.1, -0.05) is 58.2 Å². The first kappa shape index (κ1) is 11.4. The first-order valence-corrected chi connectivity index (χ1v) is 9.24. The Morgan fingerprint density at radius 2 is 0.909 bits per heavy atom. The van der Waals surface area contributed by atoms with Crippen LogP contribution in [0.4, 0.5) is 0 Å². The summed E-state index contributed by atoms with van der Waals surface area (Å²) in [6.45, 7) is 14.4. The Morgan fingerprint density at radius 1 is 0.727 bits per heavy atom. The van der Waals surface area contributed by atoms with Crippen LogP contribution < -0.4 is 0 Å². The molecule has 1 radical (unpaired) electrons. The number of hydrogen-bond acceptors (Lipinski definition) is 0. The SMILES string of the molecule is CC(C)[Si]([SiH2])(C(C)C)C(C)C. The fourth-order valence-corrected chi connectivity index (χ4v) is 6.00. The summed E-state index contributed by atoms with van der Waals surface area (Å²) >= 11 is 0. The molecule has 0 heterocycles. The molecule has 11 heavy (non-hydrogen) atoms. The van der Waals surface area contributed by atoms with Gasteiger partial charge in [0.1, 0.15) is 0 Å². The molecule has 0 unspecified atom stereocenters. The first-order chi connectivity index (χ1) is 4.83. The van der Waals surface area contributed by atoms with Crippen molar-refractivity contribution in [2.24, 2.45) is 0 Å². The van der Waals surface area contributed by atoms with E-state index in [0.29, 0.717) is 0 Å². The van der Waals surface area contributed by atoms with E-state index in [1.807, 2.05) is 0 Å². The van der Waals surface area contributed by atoms with E-state index in [9.17, 15) is 0 Å². The first-order valence-electron chi connectivity index (χ1n) is 4.68. The fraction of sp³-hybridized carbons (Fsp3) is 1.00. The molecular formula is C9H23Si2. The van der Waals surface area contributed by atoms with Crippen molar-refractivity contribution in [2.45, 2.75) is 58.2 Å². The maximum Gasteiger partial charge on any atom is 0.0443 e. The van der Waals surface area contributed by atoms with Crippen molar-refractivity contribution in [3.63, 3.8) is 0 Å². The van der Waals surface area contributed by atoms with Crippen LogP contribution in [0.1, 0.15) is 41.5 Å². The van der Waals surface area contributed by atoms with Crippen LogP contribution in [0.25, 0.3) is 0 Å². The number of hydrogen-bond donors (Lipinski definition) is 0. The third kappa shape index (κ3) is 2.18. The summed E-state index contributed by atoms with van der Waals surface area (Å²) in [4.78, 5) is 0. The van der Waals surface area contributed by atoms with Gasteiger partial charge in [-0.05, 0) is 0 Å². The summed E-state index contributed by atoms with van der Waals surface area (Å²) < 4.78 is 0. The predicted octanol–water partition coefficient (Wildman–Crippen LogP) is 2.80. The second-order valence-corrected chi connectivity index (χ2v) is 13.9. The molecule has 0 aliphatic heterocycles. The molecule has 0 nitrogen and oxygen atoms in total. The minimum Gasteiger partial charge on any atom is -0.0654 e. The van der Waals surface area contributed by atoms with Crippen molar-refractivity contribution in [3.05, 3.63) is 0 Å². The van der Waals surface area contributed by atoms with Crippen molar-refractivity contribution in [1.29, 1.82) is 0 Å². The van der Waals surface area contributed by atoms with E-state index in [4.69, 9.17) is 0 Å². The average molecular weight is 187 g/mol. The molecule has 0 aliphatic rings. The van der Waals surface area contributed by atoms with Crippen molar-refractivity contribution in [2.75, 3.05) is 0 Å². The summed E-state index contributed by atoms with van der Waals surface area (Å²) in [5.74, 6) is 0. The summed E-state index contributed by atoms with van der Waals surface area (Å²) in [6, 6.07) is 0. The largest absolute Gasteiger partial charge is 0.0654 e. The molecule has 67 valence electrons. The summed E-state index contributed by atoms with van der Waals surface area (Å²) in [7, 11) is 1.38. The molecule has 0 fully saturated rings. The molecule has 0 spiro atoms. The molecule has 0 saturated heterocycles. The second kappa shape index (κ2) is 3.90. The maximum atomic E-state index is 2.40. The molecule has 0 aromatic heterocycles. The number of rotatable bonds is 3. The van der Waals surface area contributed by atoms with Crippen LogP contribution in [0.2, 0.25) is 16.6 Å². The normalized spacial score (nSPS) is 13.6. The molecule has 0 aliphatic carbocycles. The van der Waals surface area contributed by atoms with E-state index in [1.165, 1.54) is 0 Å². The van der Waals surface area contributed by atoms with Crippen LogP contribution in [0.3, 0.4) is 0 Å². The Kier molecular flexibility index (Phi) is 4.05. The zero-order valence-corrected chi connectivity index (χ0v) is 11.4. The Balaban J connectivity index is 4.53. The lowest BCUT2D eigenvalue weighted by molar-refractivity contribution is 0.848. The van der Waals surface area contributed by atoms with Gasteiger partial charge in [-0.2, -0.15) is 0 Å². The van der Waals surface area contributed by atoms with Gasteiger partial charge in [0.2, 0.25) is 0 Å². The Hall–Kier alpha value is 0.434. The van der Waals surface area contributed by atoms with E-state index in [1.54, 1.807) is 0 Å². The average Bonchev–Trinajstić information content (AvgIpc) is 1.84. The highest BCUT2D eigenvalue weighted by atomic mass is 29.2. The van der Waals surface area contributed by atoms with Crippen LogP contribution in [0.15, 0.2) is 0 Å². The quantitative estimate of drug-likeness (QED) is 0.596. The van der Waals surface area contributed by atoms with E-state index in [-0.39, 0.29) is 0 Å². The van der Waals surface area contributed by atoms with Gasteiger partial charge in [0, 0.05) is 17.4 Å². The monoisotopic (exact) mass is 187 g/mol. The lowest BCUT2D eigenvalue weighted by Gasteiger charge is -2.39. The minimum atomic E-state index is -0.954. The van der Waals surface area contributed by atoms with Gasteiger partial charge in [-0.3, -0.25) is 0 Å². The van der Waals surface area contributed by atoms with Crippen LogP contribution in [0, 0.1) is 0 Å². The fourth-order valence-electron chi connectivity index (χ4n) is 2.00. The molecular weight excluding hydrogens is 164 g/mol. The van der Waals surface area contributed by atoms with Crippen molar-refractivity contribution in [3.8, 4) is 0 Å². The topological polar surface area (TPSA) is 0 Å². The standard InChI is InChI=1S/C9H23Si2/c1-7(2)11(10,8(3)4)9(5)6/h7-9H,10H2,1-6H3. The Bertz CT molecular complexity index is 95.0. The van der Waals surface area contributed by atoms with Gasteiger partial charge in [0.05, 0.1) is 0 Å². The van der Waals surface area contributed by atoms with E-state index in [2.05, 4.69) is 51.3 Å².